The normalized spacial score (nSPS) is 14.0. The molecule has 0 bridgehead atoms. The molecule has 0 fully saturated rings. The Morgan fingerprint density at radius 3 is 2.52 bits per heavy atom. The average Bonchev–Trinajstić information content (AvgIpc) is 2.96. The molecule has 0 aliphatic rings. The van der Waals surface area contributed by atoms with Crippen LogP contribution in [0, 0.1) is 0 Å². The van der Waals surface area contributed by atoms with Crippen LogP contribution in [0.1, 0.15) is 44.5 Å². The van der Waals surface area contributed by atoms with Crippen LogP contribution in [0.3, 0.4) is 0 Å². The first-order valence-electron chi connectivity index (χ1n) is 8.04. The van der Waals surface area contributed by atoms with Crippen LogP contribution in [-0.2, 0) is 12.8 Å². The summed E-state index contributed by atoms with van der Waals surface area (Å²) < 4.78 is 2.08. The highest BCUT2D eigenvalue weighted by molar-refractivity contribution is 5.16. The van der Waals surface area contributed by atoms with Gasteiger partial charge >= 0.3 is 0 Å². The molecule has 0 aliphatic heterocycles. The molecule has 0 spiro atoms. The molecule has 2 aromatic rings. The van der Waals surface area contributed by atoms with Crippen molar-refractivity contribution in [2.24, 2.45) is 0 Å². The van der Waals surface area contributed by atoms with Gasteiger partial charge in [-0.1, -0.05) is 44.2 Å². The van der Waals surface area contributed by atoms with Crippen molar-refractivity contribution in [1.29, 1.82) is 0 Å². The van der Waals surface area contributed by atoms with Gasteiger partial charge in [-0.3, -0.25) is 4.68 Å². The lowest BCUT2D eigenvalue weighted by Crippen LogP contribution is -2.33. The third kappa shape index (κ3) is 4.71. The molecule has 2 rings (SSSR count). The van der Waals surface area contributed by atoms with Crippen molar-refractivity contribution in [3.05, 3.63) is 53.9 Å². The number of nitrogens with zero attached hydrogens (tertiary/aromatic N) is 2. The zero-order valence-corrected chi connectivity index (χ0v) is 13.4. The van der Waals surface area contributed by atoms with E-state index in [9.17, 15) is 0 Å². The standard InChI is InChI=1S/C18H27N3/c1-4-15(3)21-12-11-17(20-21)14-18(19-5-2)13-16-9-7-6-8-10-16/h6-12,15,18-19H,4-5,13-14H2,1-3H3. The van der Waals surface area contributed by atoms with Crippen LogP contribution in [0.15, 0.2) is 42.6 Å². The number of benzene rings is 1. The zero-order chi connectivity index (χ0) is 15.1. The van der Waals surface area contributed by atoms with Gasteiger partial charge in [0.25, 0.3) is 0 Å². The molecule has 0 saturated carbocycles. The molecule has 114 valence electrons. The molecule has 2 unspecified atom stereocenters. The van der Waals surface area contributed by atoms with Crippen LogP contribution in [0.4, 0.5) is 0 Å². The maximum atomic E-state index is 4.72. The molecule has 3 nitrogen and oxygen atoms in total. The van der Waals surface area contributed by atoms with Gasteiger partial charge in [0, 0.05) is 24.7 Å². The monoisotopic (exact) mass is 285 g/mol. The second-order valence-corrected chi connectivity index (χ2v) is 5.69. The Morgan fingerprint density at radius 1 is 1.10 bits per heavy atom. The highest BCUT2D eigenvalue weighted by atomic mass is 15.3. The van der Waals surface area contributed by atoms with Crippen LogP contribution in [0.2, 0.25) is 0 Å². The van der Waals surface area contributed by atoms with Crippen molar-refractivity contribution in [1.82, 2.24) is 15.1 Å². The van der Waals surface area contributed by atoms with Crippen LogP contribution >= 0.6 is 0 Å². The SMILES string of the molecule is CCNC(Cc1ccccc1)Cc1ccn(C(C)CC)n1. The van der Waals surface area contributed by atoms with Gasteiger partial charge in [-0.05, 0) is 37.9 Å². The fourth-order valence-electron chi connectivity index (χ4n) is 2.58. The Bertz CT molecular complexity index is 518. The van der Waals surface area contributed by atoms with Crippen molar-refractivity contribution in [3.63, 3.8) is 0 Å². The van der Waals surface area contributed by atoms with Gasteiger partial charge in [0.2, 0.25) is 0 Å². The molecular formula is C18H27N3. The van der Waals surface area contributed by atoms with Gasteiger partial charge in [-0.2, -0.15) is 5.10 Å². The number of nitrogens with one attached hydrogen (secondary N) is 1. The van der Waals surface area contributed by atoms with Crippen LogP contribution in [0.25, 0.3) is 0 Å². The maximum absolute atomic E-state index is 4.72. The number of hydrogen-bond acceptors (Lipinski definition) is 2. The fraction of sp³-hybridized carbons (Fsp3) is 0.500. The first-order valence-corrected chi connectivity index (χ1v) is 8.04. The number of hydrogen-bond donors (Lipinski definition) is 1. The molecule has 2 atom stereocenters. The predicted octanol–water partition coefficient (Wildman–Crippen LogP) is 3.62. The summed E-state index contributed by atoms with van der Waals surface area (Å²) in [4.78, 5) is 0. The minimum Gasteiger partial charge on any atom is -0.314 e. The van der Waals surface area contributed by atoms with E-state index in [1.807, 2.05) is 0 Å². The van der Waals surface area contributed by atoms with E-state index in [0.717, 1.165) is 25.8 Å². The molecule has 1 aromatic carbocycles. The number of rotatable bonds is 8. The minimum atomic E-state index is 0.442. The predicted molar refractivity (Wildman–Crippen MR) is 88.5 cm³/mol. The van der Waals surface area contributed by atoms with Crippen molar-refractivity contribution in [3.8, 4) is 0 Å². The van der Waals surface area contributed by atoms with Gasteiger partial charge in [-0.15, -0.1) is 0 Å². The van der Waals surface area contributed by atoms with Crippen molar-refractivity contribution >= 4 is 0 Å². The summed E-state index contributed by atoms with van der Waals surface area (Å²) in [5, 5.41) is 8.30. The first kappa shape index (κ1) is 15.8. The quantitative estimate of drug-likeness (QED) is 0.803. The summed E-state index contributed by atoms with van der Waals surface area (Å²) in [6, 6.07) is 13.8. The first-order chi connectivity index (χ1) is 10.2. The lowest BCUT2D eigenvalue weighted by Gasteiger charge is -2.17. The third-order valence-electron chi connectivity index (χ3n) is 3.98. The van der Waals surface area contributed by atoms with Crippen LogP contribution in [0.5, 0.6) is 0 Å². The Balaban J connectivity index is 2.00. The van der Waals surface area contributed by atoms with E-state index in [-0.39, 0.29) is 0 Å². The Morgan fingerprint density at radius 2 is 1.86 bits per heavy atom. The highest BCUT2D eigenvalue weighted by Gasteiger charge is 2.12. The smallest absolute Gasteiger partial charge is 0.0640 e. The van der Waals surface area contributed by atoms with Crippen molar-refractivity contribution in [2.75, 3.05) is 6.54 Å². The molecule has 1 aromatic heterocycles. The lowest BCUT2D eigenvalue weighted by atomic mass is 10.0. The zero-order valence-electron chi connectivity index (χ0n) is 13.4. The van der Waals surface area contributed by atoms with Gasteiger partial charge in [0.05, 0.1) is 5.69 Å². The second kappa shape index (κ2) is 7.99. The molecular weight excluding hydrogens is 258 g/mol. The maximum Gasteiger partial charge on any atom is 0.0640 e. The number of aromatic nitrogens is 2. The van der Waals surface area contributed by atoms with E-state index in [1.165, 1.54) is 11.3 Å². The van der Waals surface area contributed by atoms with Crippen LogP contribution in [-0.4, -0.2) is 22.4 Å². The molecule has 0 saturated heterocycles. The Kier molecular flexibility index (Phi) is 6.00. The van der Waals surface area contributed by atoms with Gasteiger partial charge in [-0.25, -0.2) is 0 Å². The Hall–Kier alpha value is -1.61. The van der Waals surface area contributed by atoms with Gasteiger partial charge in [0.15, 0.2) is 0 Å². The molecule has 0 amide bonds. The summed E-state index contributed by atoms with van der Waals surface area (Å²) in [6.45, 7) is 7.56. The summed E-state index contributed by atoms with van der Waals surface area (Å²) in [5.41, 5.74) is 2.56. The molecule has 1 heterocycles. The van der Waals surface area contributed by atoms with E-state index < -0.39 is 0 Å². The largest absolute Gasteiger partial charge is 0.314 e. The molecule has 0 aliphatic carbocycles. The van der Waals surface area contributed by atoms with Crippen molar-refractivity contribution in [2.45, 2.75) is 52.1 Å². The third-order valence-corrected chi connectivity index (χ3v) is 3.98. The highest BCUT2D eigenvalue weighted by Crippen LogP contribution is 2.12. The number of likely N-dealkylation sites (N-methyl/N-ethyl adjacent to an activating group) is 1. The molecule has 1 N–H and O–H groups in total. The minimum absolute atomic E-state index is 0.442. The second-order valence-electron chi connectivity index (χ2n) is 5.69. The lowest BCUT2D eigenvalue weighted by molar-refractivity contribution is 0.464. The van der Waals surface area contributed by atoms with Crippen molar-refractivity contribution < 1.29 is 0 Å². The average molecular weight is 285 g/mol. The van der Waals surface area contributed by atoms with E-state index in [1.54, 1.807) is 0 Å². The molecule has 3 heteroatoms. The van der Waals surface area contributed by atoms with Gasteiger partial charge < -0.3 is 5.32 Å². The van der Waals surface area contributed by atoms with E-state index in [4.69, 9.17) is 5.10 Å². The molecule has 21 heavy (non-hydrogen) atoms. The van der Waals surface area contributed by atoms with E-state index in [2.05, 4.69) is 73.4 Å². The summed E-state index contributed by atoms with van der Waals surface area (Å²) in [7, 11) is 0. The fourth-order valence-corrected chi connectivity index (χ4v) is 2.58. The Labute approximate surface area is 128 Å². The van der Waals surface area contributed by atoms with E-state index >= 15 is 0 Å². The summed E-state index contributed by atoms with van der Waals surface area (Å²) in [5.74, 6) is 0. The summed E-state index contributed by atoms with van der Waals surface area (Å²) in [6.07, 6.45) is 5.24. The van der Waals surface area contributed by atoms with Gasteiger partial charge in [0.1, 0.15) is 0 Å². The topological polar surface area (TPSA) is 29.9 Å². The van der Waals surface area contributed by atoms with E-state index in [0.29, 0.717) is 12.1 Å². The summed E-state index contributed by atoms with van der Waals surface area (Å²) >= 11 is 0. The molecule has 0 radical (unpaired) electrons. The van der Waals surface area contributed by atoms with Crippen LogP contribution < -0.4 is 5.32 Å².